The zero-order chi connectivity index (χ0) is 14.9. The summed E-state index contributed by atoms with van der Waals surface area (Å²) in [6.45, 7) is 2.05. The average Bonchev–Trinajstić information content (AvgIpc) is 2.72. The summed E-state index contributed by atoms with van der Waals surface area (Å²) in [4.78, 5) is 24.7. The number of nitrogen functional groups attached to an aromatic ring is 1. The van der Waals surface area contributed by atoms with Crippen LogP contribution in [-0.4, -0.2) is 23.3 Å². The summed E-state index contributed by atoms with van der Waals surface area (Å²) in [5.74, 6) is 0.740. The number of thioether (sulfide) groups is 1. The molecule has 4 nitrogen and oxygen atoms in total. The highest BCUT2D eigenvalue weighted by atomic mass is 35.5. The predicted molar refractivity (Wildman–Crippen MR) is 84.5 cm³/mol. The van der Waals surface area contributed by atoms with E-state index in [1.54, 1.807) is 17.0 Å². The number of nitrogens with zero attached hydrogens (tertiary/aromatic N) is 1. The lowest BCUT2D eigenvalue weighted by Crippen LogP contribution is -2.25. The van der Waals surface area contributed by atoms with Crippen LogP contribution < -0.4 is 10.6 Å². The fraction of sp³-hybridized carbons (Fsp3) is 0.385. The van der Waals surface area contributed by atoms with Crippen molar-refractivity contribution in [1.82, 2.24) is 0 Å². The van der Waals surface area contributed by atoms with Crippen LogP contribution in [0.25, 0.3) is 0 Å². The lowest BCUT2D eigenvalue weighted by atomic mass is 10.1. The topological polar surface area (TPSA) is 63.4 Å². The molecular weight excluding hydrogens is 319 g/mol. The maximum atomic E-state index is 12.1. The molecule has 1 atom stereocenters. The zero-order valence-electron chi connectivity index (χ0n) is 10.9. The Balaban J connectivity index is 2.18. The Hall–Kier alpha value is -0.910. The van der Waals surface area contributed by atoms with Gasteiger partial charge in [-0.2, -0.15) is 0 Å². The maximum Gasteiger partial charge on any atom is 0.227 e. The fourth-order valence-electron chi connectivity index (χ4n) is 2.16. The number of rotatable bonds is 3. The molecule has 1 aliphatic rings. The smallest absolute Gasteiger partial charge is 0.227 e. The average molecular weight is 333 g/mol. The van der Waals surface area contributed by atoms with Crippen LogP contribution in [0.5, 0.6) is 0 Å². The zero-order valence-corrected chi connectivity index (χ0v) is 13.2. The van der Waals surface area contributed by atoms with Crippen LogP contribution in [-0.2, 0) is 9.59 Å². The number of amides is 1. The van der Waals surface area contributed by atoms with Gasteiger partial charge in [0.1, 0.15) is 0 Å². The van der Waals surface area contributed by atoms with E-state index in [4.69, 9.17) is 28.9 Å². The molecule has 1 aliphatic heterocycles. The molecule has 1 aromatic carbocycles. The monoisotopic (exact) mass is 332 g/mol. The van der Waals surface area contributed by atoms with Gasteiger partial charge in [-0.1, -0.05) is 35.0 Å². The Morgan fingerprint density at radius 2 is 2.20 bits per heavy atom. The molecule has 0 radical (unpaired) electrons. The lowest BCUT2D eigenvalue weighted by molar-refractivity contribution is -0.117. The molecule has 108 valence electrons. The Morgan fingerprint density at radius 1 is 1.50 bits per heavy atom. The number of hydrogen-bond acceptors (Lipinski definition) is 4. The SMILES string of the molecule is CC(=O)SCC1CC(=O)N(c2cc(Cl)cc(Cl)c2N)C1. The summed E-state index contributed by atoms with van der Waals surface area (Å²) >= 11 is 13.2. The number of benzene rings is 1. The Kier molecular flexibility index (Phi) is 4.83. The van der Waals surface area contributed by atoms with Gasteiger partial charge in [0.25, 0.3) is 0 Å². The van der Waals surface area contributed by atoms with Gasteiger partial charge in [0.05, 0.1) is 16.4 Å². The van der Waals surface area contributed by atoms with E-state index in [2.05, 4.69) is 0 Å². The molecule has 1 fully saturated rings. The Bertz CT molecular complexity index is 566. The van der Waals surface area contributed by atoms with Crippen molar-refractivity contribution < 1.29 is 9.59 Å². The third-order valence-electron chi connectivity index (χ3n) is 3.09. The van der Waals surface area contributed by atoms with E-state index in [1.165, 1.54) is 18.7 Å². The van der Waals surface area contributed by atoms with Crippen LogP contribution in [0.1, 0.15) is 13.3 Å². The molecular formula is C13H14Cl2N2O2S. The molecule has 1 saturated heterocycles. The maximum absolute atomic E-state index is 12.1. The van der Waals surface area contributed by atoms with E-state index in [0.29, 0.717) is 40.1 Å². The molecule has 20 heavy (non-hydrogen) atoms. The van der Waals surface area contributed by atoms with Gasteiger partial charge in [-0.3, -0.25) is 9.59 Å². The van der Waals surface area contributed by atoms with Crippen molar-refractivity contribution in [2.24, 2.45) is 5.92 Å². The normalized spacial score (nSPS) is 18.6. The van der Waals surface area contributed by atoms with Crippen molar-refractivity contribution in [3.63, 3.8) is 0 Å². The van der Waals surface area contributed by atoms with Crippen LogP contribution in [0.4, 0.5) is 11.4 Å². The van der Waals surface area contributed by atoms with Gasteiger partial charge in [-0.15, -0.1) is 0 Å². The van der Waals surface area contributed by atoms with E-state index in [0.717, 1.165) is 0 Å². The first-order chi connectivity index (χ1) is 9.38. The molecule has 0 spiro atoms. The van der Waals surface area contributed by atoms with Crippen molar-refractivity contribution in [3.8, 4) is 0 Å². The molecule has 1 amide bonds. The summed E-state index contributed by atoms with van der Waals surface area (Å²) in [6.07, 6.45) is 0.407. The van der Waals surface area contributed by atoms with Crippen molar-refractivity contribution >= 4 is 57.4 Å². The van der Waals surface area contributed by atoms with Gasteiger partial charge in [0.15, 0.2) is 5.12 Å². The van der Waals surface area contributed by atoms with E-state index >= 15 is 0 Å². The predicted octanol–water partition coefficient (Wildman–Crippen LogP) is 3.21. The van der Waals surface area contributed by atoms with E-state index in [1.807, 2.05) is 0 Å². The minimum absolute atomic E-state index is 0.0239. The molecule has 1 aromatic rings. The number of anilines is 2. The molecule has 0 aliphatic carbocycles. The highest BCUT2D eigenvalue weighted by Gasteiger charge is 2.32. The van der Waals surface area contributed by atoms with E-state index in [-0.39, 0.29) is 16.9 Å². The Labute approximate surface area is 131 Å². The number of carbonyl (C=O) groups excluding carboxylic acids is 2. The van der Waals surface area contributed by atoms with Crippen LogP contribution in [0.15, 0.2) is 12.1 Å². The second-order valence-corrected chi connectivity index (χ2v) is 6.74. The molecule has 0 bridgehead atoms. The Morgan fingerprint density at radius 3 is 2.85 bits per heavy atom. The standard InChI is InChI=1S/C13H14Cl2N2O2S/c1-7(18)20-6-8-2-12(19)17(5-8)11-4-9(14)3-10(15)13(11)16/h3-4,8H,2,5-6,16H2,1H3. The molecule has 0 saturated carbocycles. The van der Waals surface area contributed by atoms with Gasteiger partial charge in [-0.05, 0) is 18.1 Å². The summed E-state index contributed by atoms with van der Waals surface area (Å²) < 4.78 is 0. The first-order valence-electron chi connectivity index (χ1n) is 6.06. The first kappa shape index (κ1) is 15.5. The largest absolute Gasteiger partial charge is 0.396 e. The quantitative estimate of drug-likeness (QED) is 0.863. The third-order valence-corrected chi connectivity index (χ3v) is 4.67. The summed E-state index contributed by atoms with van der Waals surface area (Å²) in [5, 5.41) is 0.830. The van der Waals surface area contributed by atoms with Gasteiger partial charge < -0.3 is 10.6 Å². The number of halogens is 2. The summed E-state index contributed by atoms with van der Waals surface area (Å²) in [5.41, 5.74) is 6.81. The molecule has 1 heterocycles. The highest BCUT2D eigenvalue weighted by molar-refractivity contribution is 8.13. The van der Waals surface area contributed by atoms with Crippen LogP contribution in [0.2, 0.25) is 10.0 Å². The van der Waals surface area contributed by atoms with Crippen molar-refractivity contribution in [2.45, 2.75) is 13.3 Å². The van der Waals surface area contributed by atoms with Gasteiger partial charge in [-0.25, -0.2) is 0 Å². The second-order valence-electron chi connectivity index (χ2n) is 4.70. The van der Waals surface area contributed by atoms with Gasteiger partial charge in [0.2, 0.25) is 5.91 Å². The highest BCUT2D eigenvalue weighted by Crippen LogP contribution is 2.37. The molecule has 2 N–H and O–H groups in total. The van der Waals surface area contributed by atoms with Crippen molar-refractivity contribution in [3.05, 3.63) is 22.2 Å². The van der Waals surface area contributed by atoms with Gasteiger partial charge >= 0.3 is 0 Å². The lowest BCUT2D eigenvalue weighted by Gasteiger charge is -2.19. The fourth-order valence-corrected chi connectivity index (χ4v) is 3.33. The number of carbonyl (C=O) groups is 2. The van der Waals surface area contributed by atoms with E-state index < -0.39 is 0 Å². The summed E-state index contributed by atoms with van der Waals surface area (Å²) in [7, 11) is 0. The van der Waals surface area contributed by atoms with Crippen LogP contribution in [0.3, 0.4) is 0 Å². The van der Waals surface area contributed by atoms with Crippen molar-refractivity contribution in [1.29, 1.82) is 0 Å². The third kappa shape index (κ3) is 3.40. The minimum Gasteiger partial charge on any atom is -0.396 e. The molecule has 0 aromatic heterocycles. The second kappa shape index (κ2) is 6.24. The van der Waals surface area contributed by atoms with Crippen molar-refractivity contribution in [2.75, 3.05) is 22.9 Å². The molecule has 7 heteroatoms. The van der Waals surface area contributed by atoms with Gasteiger partial charge in [0, 0.05) is 30.7 Å². The van der Waals surface area contributed by atoms with Crippen LogP contribution >= 0.6 is 35.0 Å². The van der Waals surface area contributed by atoms with E-state index in [9.17, 15) is 9.59 Å². The summed E-state index contributed by atoms with van der Waals surface area (Å²) in [6, 6.07) is 3.19. The molecule has 1 unspecified atom stereocenters. The number of hydrogen-bond donors (Lipinski definition) is 1. The number of nitrogens with two attached hydrogens (primary N) is 1. The molecule has 2 rings (SSSR count). The van der Waals surface area contributed by atoms with Crippen LogP contribution in [0, 0.1) is 5.92 Å². The first-order valence-corrected chi connectivity index (χ1v) is 7.81. The minimum atomic E-state index is -0.0239.